The van der Waals surface area contributed by atoms with Gasteiger partial charge in [0, 0.05) is 13.1 Å². The maximum atomic E-state index is 12.2. The van der Waals surface area contributed by atoms with E-state index >= 15 is 0 Å². The first kappa shape index (κ1) is 16.1. The van der Waals surface area contributed by atoms with Gasteiger partial charge in [0.1, 0.15) is 0 Å². The van der Waals surface area contributed by atoms with Gasteiger partial charge in [-0.3, -0.25) is 24.0 Å². The quantitative estimate of drug-likeness (QED) is 0.569. The lowest BCUT2D eigenvalue weighted by molar-refractivity contribution is -0.387. The lowest BCUT2D eigenvalue weighted by atomic mass is 10.2. The second-order valence-corrected chi connectivity index (χ2v) is 4.83. The molecule has 1 rings (SSSR count). The Labute approximate surface area is 116 Å². The van der Waals surface area contributed by atoms with Gasteiger partial charge < -0.3 is 5.32 Å². The fourth-order valence-electron chi connectivity index (χ4n) is 2.05. The molecule has 1 N–H and O–H groups in total. The van der Waals surface area contributed by atoms with E-state index in [0.717, 1.165) is 10.8 Å². The molecule has 8 heteroatoms. The number of hydrogen-bond acceptors (Lipinski definition) is 5. The van der Waals surface area contributed by atoms with E-state index in [1.54, 1.807) is 7.05 Å². The highest BCUT2D eigenvalue weighted by molar-refractivity contribution is 5.21. The molecular formula is C12H20N4O4. The predicted octanol–water partition coefficient (Wildman–Crippen LogP) is 0.184. The Hall–Kier alpha value is -1.96. The van der Waals surface area contributed by atoms with Gasteiger partial charge in [-0.2, -0.15) is 0 Å². The van der Waals surface area contributed by atoms with E-state index in [0.29, 0.717) is 19.5 Å². The second-order valence-electron chi connectivity index (χ2n) is 4.83. The molecule has 0 amide bonds. The average Bonchev–Trinajstić information content (AvgIpc) is 2.38. The van der Waals surface area contributed by atoms with Crippen LogP contribution in [0.1, 0.15) is 20.3 Å². The first-order chi connectivity index (χ1) is 9.42. The zero-order chi connectivity index (χ0) is 15.3. The largest absolute Gasteiger partial charge is 0.350 e. The van der Waals surface area contributed by atoms with Crippen molar-refractivity contribution in [3.05, 3.63) is 37.1 Å². The van der Waals surface area contributed by atoms with E-state index in [2.05, 4.69) is 5.32 Å². The van der Waals surface area contributed by atoms with Crippen LogP contribution in [0.15, 0.2) is 15.8 Å². The number of hydrogen-bond donors (Lipinski definition) is 1. The molecule has 0 fully saturated rings. The molecule has 0 radical (unpaired) electrons. The van der Waals surface area contributed by atoms with Crippen molar-refractivity contribution < 1.29 is 4.92 Å². The maximum Gasteiger partial charge on any atom is 0.350 e. The maximum absolute atomic E-state index is 12.2. The molecule has 20 heavy (non-hydrogen) atoms. The summed E-state index contributed by atoms with van der Waals surface area (Å²) in [6.45, 7) is 4.84. The second kappa shape index (κ2) is 6.99. The van der Waals surface area contributed by atoms with Crippen LogP contribution in [-0.4, -0.2) is 27.6 Å². The van der Waals surface area contributed by atoms with Gasteiger partial charge in [-0.1, -0.05) is 13.8 Å². The Morgan fingerprint density at radius 2 is 2.10 bits per heavy atom. The zero-order valence-electron chi connectivity index (χ0n) is 12.0. The highest BCUT2D eigenvalue weighted by Gasteiger charge is 2.20. The van der Waals surface area contributed by atoms with Crippen molar-refractivity contribution in [2.45, 2.75) is 33.4 Å². The van der Waals surface area contributed by atoms with Crippen molar-refractivity contribution in [1.82, 2.24) is 14.5 Å². The van der Waals surface area contributed by atoms with Gasteiger partial charge in [0.05, 0.1) is 11.1 Å². The minimum Gasteiger partial charge on any atom is -0.319 e. The van der Waals surface area contributed by atoms with Gasteiger partial charge in [0.25, 0.3) is 0 Å². The first-order valence-electron chi connectivity index (χ1n) is 6.55. The summed E-state index contributed by atoms with van der Waals surface area (Å²) in [7, 11) is 1.77. The number of nitrogens with zero attached hydrogens (tertiary/aromatic N) is 3. The Balaban J connectivity index is 3.36. The van der Waals surface area contributed by atoms with Crippen LogP contribution >= 0.6 is 0 Å². The normalized spacial score (nSPS) is 12.3. The number of aromatic nitrogens is 2. The van der Waals surface area contributed by atoms with Gasteiger partial charge in [0.2, 0.25) is 0 Å². The van der Waals surface area contributed by atoms with Crippen molar-refractivity contribution in [2.24, 2.45) is 5.92 Å². The first-order valence-corrected chi connectivity index (χ1v) is 6.55. The summed E-state index contributed by atoms with van der Waals surface area (Å²) >= 11 is 0. The highest BCUT2D eigenvalue weighted by Crippen LogP contribution is 2.03. The fraction of sp³-hybridized carbons (Fsp3) is 0.667. The van der Waals surface area contributed by atoms with Crippen LogP contribution in [0.4, 0.5) is 5.69 Å². The lowest BCUT2D eigenvalue weighted by Gasteiger charge is -2.13. The average molecular weight is 284 g/mol. The van der Waals surface area contributed by atoms with Crippen LogP contribution in [0, 0.1) is 16.0 Å². The Morgan fingerprint density at radius 3 is 2.60 bits per heavy atom. The van der Waals surface area contributed by atoms with E-state index in [9.17, 15) is 19.7 Å². The van der Waals surface area contributed by atoms with Crippen molar-refractivity contribution in [1.29, 1.82) is 0 Å². The van der Waals surface area contributed by atoms with Gasteiger partial charge in [-0.25, -0.2) is 4.79 Å². The summed E-state index contributed by atoms with van der Waals surface area (Å²) in [5.41, 5.74) is -1.89. The van der Waals surface area contributed by atoms with Crippen LogP contribution in [0.5, 0.6) is 0 Å². The van der Waals surface area contributed by atoms with E-state index in [1.807, 2.05) is 13.8 Å². The van der Waals surface area contributed by atoms with E-state index in [-0.39, 0.29) is 12.5 Å². The van der Waals surface area contributed by atoms with Crippen LogP contribution in [0.3, 0.4) is 0 Å². The third-order valence-electron chi connectivity index (χ3n) is 2.93. The van der Waals surface area contributed by atoms with E-state index in [4.69, 9.17) is 0 Å². The minimum atomic E-state index is -0.838. The van der Waals surface area contributed by atoms with Crippen molar-refractivity contribution in [3.63, 3.8) is 0 Å². The monoisotopic (exact) mass is 284 g/mol. The van der Waals surface area contributed by atoms with E-state index in [1.165, 1.54) is 4.57 Å². The van der Waals surface area contributed by atoms with Crippen LogP contribution in [-0.2, 0) is 13.1 Å². The van der Waals surface area contributed by atoms with Crippen molar-refractivity contribution in [3.8, 4) is 0 Å². The summed E-state index contributed by atoms with van der Waals surface area (Å²) in [5.74, 6) is 0.0162. The van der Waals surface area contributed by atoms with Crippen LogP contribution in [0.2, 0.25) is 0 Å². The summed E-state index contributed by atoms with van der Waals surface area (Å²) in [4.78, 5) is 34.4. The SMILES string of the molecule is CCCn1cc([N+](=O)[O-])c(=O)n(CC(C)CNC)c1=O. The molecule has 1 heterocycles. The number of rotatable bonds is 7. The molecule has 0 aromatic carbocycles. The topological polar surface area (TPSA) is 99.2 Å². The zero-order valence-corrected chi connectivity index (χ0v) is 12.0. The van der Waals surface area contributed by atoms with Crippen LogP contribution in [0.25, 0.3) is 0 Å². The smallest absolute Gasteiger partial charge is 0.319 e. The number of aryl methyl sites for hydroxylation is 1. The molecular weight excluding hydrogens is 264 g/mol. The standard InChI is InChI=1S/C12H20N4O4/c1-4-5-14-8-10(16(19)20)11(17)15(12(14)18)7-9(2)6-13-3/h8-9,13H,4-7H2,1-3H3. The van der Waals surface area contributed by atoms with Gasteiger partial charge in [-0.15, -0.1) is 0 Å². The number of nitrogens with one attached hydrogen (secondary N) is 1. The Bertz CT molecular complexity index is 590. The molecule has 1 unspecified atom stereocenters. The van der Waals surface area contributed by atoms with Crippen LogP contribution < -0.4 is 16.6 Å². The Kier molecular flexibility index (Phi) is 5.63. The summed E-state index contributed by atoms with van der Waals surface area (Å²) < 4.78 is 2.18. The lowest BCUT2D eigenvalue weighted by Crippen LogP contribution is -2.42. The molecule has 0 saturated carbocycles. The molecule has 0 spiro atoms. The highest BCUT2D eigenvalue weighted by atomic mass is 16.6. The summed E-state index contributed by atoms with van der Waals surface area (Å²) in [5, 5.41) is 13.9. The Morgan fingerprint density at radius 1 is 1.45 bits per heavy atom. The van der Waals surface area contributed by atoms with Crippen molar-refractivity contribution >= 4 is 5.69 Å². The molecule has 0 aliphatic heterocycles. The molecule has 0 aliphatic carbocycles. The molecule has 1 atom stereocenters. The van der Waals surface area contributed by atoms with Gasteiger partial charge >= 0.3 is 16.9 Å². The molecule has 112 valence electrons. The van der Waals surface area contributed by atoms with Gasteiger partial charge in [-0.05, 0) is 25.9 Å². The molecule has 8 nitrogen and oxygen atoms in total. The summed E-state index contributed by atoms with van der Waals surface area (Å²) in [6, 6.07) is 0. The summed E-state index contributed by atoms with van der Waals surface area (Å²) in [6.07, 6.45) is 1.69. The van der Waals surface area contributed by atoms with Crippen molar-refractivity contribution in [2.75, 3.05) is 13.6 Å². The number of nitro groups is 1. The third kappa shape index (κ3) is 3.53. The predicted molar refractivity (Wildman–Crippen MR) is 75.0 cm³/mol. The fourth-order valence-corrected chi connectivity index (χ4v) is 2.05. The molecule has 0 aliphatic rings. The molecule has 0 saturated heterocycles. The van der Waals surface area contributed by atoms with E-state index < -0.39 is 21.9 Å². The molecule has 1 aromatic heterocycles. The van der Waals surface area contributed by atoms with Gasteiger partial charge in [0.15, 0.2) is 0 Å². The minimum absolute atomic E-state index is 0.0162. The molecule has 1 aromatic rings. The third-order valence-corrected chi connectivity index (χ3v) is 2.93. The molecule has 0 bridgehead atoms.